The molecule has 1 N–H and O–H groups in total. The number of aromatic hydroxyl groups is 1. The van der Waals surface area contributed by atoms with Crippen molar-refractivity contribution in [3.8, 4) is 11.8 Å². The molecule has 17 heavy (non-hydrogen) atoms. The number of nitriles is 1. The van der Waals surface area contributed by atoms with Gasteiger partial charge in [0.05, 0.1) is 18.1 Å². The van der Waals surface area contributed by atoms with Crippen LogP contribution in [0.5, 0.6) is 5.75 Å². The molecule has 0 fully saturated rings. The molecule has 0 aliphatic heterocycles. The molecule has 90 valence electrons. The third kappa shape index (κ3) is 3.36. The van der Waals surface area contributed by atoms with Gasteiger partial charge in [-0.1, -0.05) is 11.6 Å². The molecule has 0 saturated carbocycles. The lowest BCUT2D eigenvalue weighted by Crippen LogP contribution is -2.31. The number of halogens is 1. The average molecular weight is 253 g/mol. The maximum Gasteiger partial charge on any atom is 0.257 e. The van der Waals surface area contributed by atoms with E-state index in [0.717, 1.165) is 0 Å². The molecule has 0 aliphatic rings. The van der Waals surface area contributed by atoms with Crippen LogP contribution in [0.2, 0.25) is 5.02 Å². The lowest BCUT2D eigenvalue weighted by Gasteiger charge is -2.20. The highest BCUT2D eigenvalue weighted by molar-refractivity contribution is 6.31. The predicted molar refractivity (Wildman–Crippen MR) is 64.9 cm³/mol. The highest BCUT2D eigenvalue weighted by Gasteiger charge is 2.17. The van der Waals surface area contributed by atoms with Crippen LogP contribution < -0.4 is 0 Å². The normalized spacial score (nSPS) is 9.71. The largest absolute Gasteiger partial charge is 0.507 e. The average Bonchev–Trinajstić information content (AvgIpc) is 2.33. The van der Waals surface area contributed by atoms with Crippen molar-refractivity contribution in [2.24, 2.45) is 0 Å². The molecule has 0 unspecified atom stereocenters. The first-order valence-corrected chi connectivity index (χ1v) is 5.62. The second-order valence-electron chi connectivity index (χ2n) is 3.45. The molecule has 0 aromatic heterocycles. The summed E-state index contributed by atoms with van der Waals surface area (Å²) in [4.78, 5) is 13.5. The van der Waals surface area contributed by atoms with Gasteiger partial charge in [0.1, 0.15) is 5.75 Å². The number of nitrogens with zero attached hydrogens (tertiary/aromatic N) is 2. The van der Waals surface area contributed by atoms with Crippen molar-refractivity contribution in [1.82, 2.24) is 4.90 Å². The van der Waals surface area contributed by atoms with Crippen LogP contribution in [0.3, 0.4) is 0 Å². The highest BCUT2D eigenvalue weighted by Crippen LogP contribution is 2.22. The first kappa shape index (κ1) is 13.3. The summed E-state index contributed by atoms with van der Waals surface area (Å²) in [6, 6.07) is 6.30. The number of rotatable bonds is 4. The van der Waals surface area contributed by atoms with Gasteiger partial charge in [-0.15, -0.1) is 0 Å². The van der Waals surface area contributed by atoms with E-state index in [1.165, 1.54) is 23.1 Å². The number of hydrogen-bond acceptors (Lipinski definition) is 3. The van der Waals surface area contributed by atoms with Gasteiger partial charge in [-0.05, 0) is 25.1 Å². The van der Waals surface area contributed by atoms with Gasteiger partial charge in [-0.2, -0.15) is 5.26 Å². The van der Waals surface area contributed by atoms with Crippen LogP contribution in [-0.2, 0) is 0 Å². The van der Waals surface area contributed by atoms with E-state index in [9.17, 15) is 9.90 Å². The third-order valence-electron chi connectivity index (χ3n) is 2.35. The van der Waals surface area contributed by atoms with Gasteiger partial charge in [-0.25, -0.2) is 0 Å². The molecule has 4 nitrogen and oxygen atoms in total. The number of benzene rings is 1. The second-order valence-corrected chi connectivity index (χ2v) is 3.89. The van der Waals surface area contributed by atoms with Gasteiger partial charge in [0, 0.05) is 18.1 Å². The van der Waals surface area contributed by atoms with Crippen LogP contribution in [0.15, 0.2) is 18.2 Å². The molecule has 0 spiro atoms. The summed E-state index contributed by atoms with van der Waals surface area (Å²) >= 11 is 5.78. The summed E-state index contributed by atoms with van der Waals surface area (Å²) in [5.41, 5.74) is 0.164. The summed E-state index contributed by atoms with van der Waals surface area (Å²) < 4.78 is 0. The summed E-state index contributed by atoms with van der Waals surface area (Å²) in [5.74, 6) is -0.419. The number of carbonyl (C=O) groups is 1. The summed E-state index contributed by atoms with van der Waals surface area (Å²) in [5, 5.41) is 18.5. The minimum Gasteiger partial charge on any atom is -0.507 e. The van der Waals surface area contributed by atoms with Crippen molar-refractivity contribution in [1.29, 1.82) is 5.26 Å². The van der Waals surface area contributed by atoms with Crippen LogP contribution in [0.4, 0.5) is 0 Å². The van der Waals surface area contributed by atoms with Gasteiger partial charge < -0.3 is 10.0 Å². The summed E-state index contributed by atoms with van der Waals surface area (Å²) in [6.07, 6.45) is 0.265. The van der Waals surface area contributed by atoms with E-state index in [2.05, 4.69) is 0 Å². The molecular formula is C12H13ClN2O2. The quantitative estimate of drug-likeness (QED) is 0.895. The smallest absolute Gasteiger partial charge is 0.257 e. The standard InChI is InChI=1S/C12H13ClN2O2/c1-2-15(7-3-6-14)12(17)10-8-9(13)4-5-11(10)16/h4-5,8,16H,2-3,7H2,1H3. The van der Waals surface area contributed by atoms with Crippen LogP contribution in [-0.4, -0.2) is 29.0 Å². The van der Waals surface area contributed by atoms with Gasteiger partial charge in [0.15, 0.2) is 0 Å². The zero-order chi connectivity index (χ0) is 12.8. The van der Waals surface area contributed by atoms with Gasteiger partial charge in [-0.3, -0.25) is 4.79 Å². The Morgan fingerprint density at radius 3 is 2.88 bits per heavy atom. The van der Waals surface area contributed by atoms with Crippen molar-refractivity contribution in [3.63, 3.8) is 0 Å². The predicted octanol–water partition coefficient (Wildman–Crippen LogP) is 2.42. The minimum absolute atomic E-state index is 0.102. The molecule has 0 heterocycles. The van der Waals surface area contributed by atoms with Crippen molar-refractivity contribution >= 4 is 17.5 Å². The van der Waals surface area contributed by atoms with Crippen molar-refractivity contribution < 1.29 is 9.90 Å². The van der Waals surface area contributed by atoms with E-state index in [-0.39, 0.29) is 23.6 Å². The van der Waals surface area contributed by atoms with Crippen LogP contribution in [0.1, 0.15) is 23.7 Å². The van der Waals surface area contributed by atoms with E-state index in [1.54, 1.807) is 0 Å². The Labute approximate surface area is 105 Å². The summed E-state index contributed by atoms with van der Waals surface area (Å²) in [7, 11) is 0. The monoisotopic (exact) mass is 252 g/mol. The van der Waals surface area contributed by atoms with Crippen LogP contribution in [0.25, 0.3) is 0 Å². The third-order valence-corrected chi connectivity index (χ3v) is 2.59. The molecule has 1 aromatic rings. The van der Waals surface area contributed by atoms with E-state index < -0.39 is 0 Å². The van der Waals surface area contributed by atoms with E-state index >= 15 is 0 Å². The Kier molecular flexibility index (Phi) is 4.80. The Morgan fingerprint density at radius 1 is 1.59 bits per heavy atom. The molecule has 0 radical (unpaired) electrons. The SMILES string of the molecule is CCN(CCC#N)C(=O)c1cc(Cl)ccc1O. The van der Waals surface area contributed by atoms with E-state index in [1.807, 2.05) is 13.0 Å². The van der Waals surface area contributed by atoms with Crippen molar-refractivity contribution in [3.05, 3.63) is 28.8 Å². The zero-order valence-electron chi connectivity index (χ0n) is 9.48. The lowest BCUT2D eigenvalue weighted by atomic mass is 10.1. The maximum atomic E-state index is 12.1. The number of carbonyl (C=O) groups excluding carboxylic acids is 1. The van der Waals surface area contributed by atoms with Crippen molar-refractivity contribution in [2.75, 3.05) is 13.1 Å². The number of amides is 1. The molecule has 0 saturated heterocycles. The van der Waals surface area contributed by atoms with Gasteiger partial charge in [0.2, 0.25) is 0 Å². The molecule has 0 atom stereocenters. The van der Waals surface area contributed by atoms with Crippen molar-refractivity contribution in [2.45, 2.75) is 13.3 Å². The van der Waals surface area contributed by atoms with Gasteiger partial charge in [0.25, 0.3) is 5.91 Å². The minimum atomic E-state index is -0.317. The second kappa shape index (κ2) is 6.12. The molecule has 1 amide bonds. The Balaban J connectivity index is 2.94. The fraction of sp³-hybridized carbons (Fsp3) is 0.333. The first-order chi connectivity index (χ1) is 8.10. The number of phenolic OH excluding ortho intramolecular Hbond substituents is 1. The first-order valence-electron chi connectivity index (χ1n) is 5.25. The van der Waals surface area contributed by atoms with E-state index in [4.69, 9.17) is 16.9 Å². The molecule has 0 bridgehead atoms. The van der Waals surface area contributed by atoms with Gasteiger partial charge >= 0.3 is 0 Å². The molecule has 1 aromatic carbocycles. The fourth-order valence-electron chi connectivity index (χ4n) is 1.44. The van der Waals surface area contributed by atoms with E-state index in [0.29, 0.717) is 18.1 Å². The fourth-order valence-corrected chi connectivity index (χ4v) is 1.61. The summed E-state index contributed by atoms with van der Waals surface area (Å²) in [6.45, 7) is 2.64. The lowest BCUT2D eigenvalue weighted by molar-refractivity contribution is 0.0765. The molecule has 1 rings (SSSR count). The zero-order valence-corrected chi connectivity index (χ0v) is 10.2. The molecular weight excluding hydrogens is 240 g/mol. The Bertz CT molecular complexity index is 454. The topological polar surface area (TPSA) is 64.3 Å². The van der Waals surface area contributed by atoms with Crippen LogP contribution in [0, 0.1) is 11.3 Å². The molecule has 5 heteroatoms. The molecule has 0 aliphatic carbocycles. The Hall–Kier alpha value is -1.73. The number of hydrogen-bond donors (Lipinski definition) is 1. The maximum absolute atomic E-state index is 12.1. The van der Waals surface area contributed by atoms with Crippen LogP contribution >= 0.6 is 11.6 Å². The Morgan fingerprint density at radius 2 is 2.29 bits per heavy atom. The highest BCUT2D eigenvalue weighted by atomic mass is 35.5. The number of phenols is 1.